The van der Waals surface area contributed by atoms with Crippen LogP contribution in [0.25, 0.3) is 5.76 Å². The number of benzene rings is 3. The molecule has 3 aromatic carbocycles. The third kappa shape index (κ3) is 6.19. The van der Waals surface area contributed by atoms with Crippen LogP contribution in [0.15, 0.2) is 82.7 Å². The van der Waals surface area contributed by atoms with Gasteiger partial charge in [0.05, 0.1) is 25.3 Å². The highest BCUT2D eigenvalue weighted by Crippen LogP contribution is 2.45. The number of carbonyl (C=O) groups excluding carboxylic acids is 2. The summed E-state index contributed by atoms with van der Waals surface area (Å²) in [6, 6.07) is 21.4. The van der Waals surface area contributed by atoms with Crippen LogP contribution in [0.1, 0.15) is 48.1 Å². The summed E-state index contributed by atoms with van der Waals surface area (Å²) in [6.45, 7) is 4.55. The van der Waals surface area contributed by atoms with Crippen molar-refractivity contribution < 1.29 is 24.2 Å². The summed E-state index contributed by atoms with van der Waals surface area (Å²) in [4.78, 5) is 28.5. The molecule has 0 spiro atoms. The second kappa shape index (κ2) is 13.2. The molecule has 1 atom stereocenters. The molecule has 4 aromatic rings. The molecule has 10 heteroatoms. The Hall–Kier alpha value is -4.15. The molecule has 1 saturated heterocycles. The topological polar surface area (TPSA) is 102 Å². The zero-order chi connectivity index (χ0) is 29.6. The number of nitrogens with zero attached hydrogens (tertiary/aromatic N) is 3. The van der Waals surface area contributed by atoms with Crippen LogP contribution >= 0.6 is 23.1 Å². The van der Waals surface area contributed by atoms with Gasteiger partial charge >= 0.3 is 5.91 Å². The van der Waals surface area contributed by atoms with E-state index in [1.54, 1.807) is 30.3 Å². The Labute approximate surface area is 253 Å². The molecule has 1 aliphatic rings. The molecule has 0 saturated carbocycles. The average Bonchev–Trinajstić information content (AvgIpc) is 3.58. The molecule has 0 aliphatic carbocycles. The minimum Gasteiger partial charge on any atom is -0.507 e. The predicted molar refractivity (Wildman–Crippen MR) is 165 cm³/mol. The number of methoxy groups -OCH3 is 1. The Morgan fingerprint density at radius 3 is 2.50 bits per heavy atom. The van der Waals surface area contributed by atoms with Gasteiger partial charge in [-0.05, 0) is 36.6 Å². The van der Waals surface area contributed by atoms with E-state index in [2.05, 4.69) is 17.1 Å². The Balaban J connectivity index is 1.56. The number of anilines is 1. The molecule has 216 valence electrons. The summed E-state index contributed by atoms with van der Waals surface area (Å²) in [6.07, 6.45) is 1.88. The number of hydrogen-bond donors (Lipinski definition) is 1. The van der Waals surface area contributed by atoms with Crippen LogP contribution in [0.5, 0.6) is 11.5 Å². The molecular weight excluding hydrogens is 571 g/mol. The highest BCUT2D eigenvalue weighted by Gasteiger charge is 2.48. The van der Waals surface area contributed by atoms with Crippen molar-refractivity contribution in [2.24, 2.45) is 0 Å². The lowest BCUT2D eigenvalue weighted by Gasteiger charge is -2.23. The van der Waals surface area contributed by atoms with Crippen molar-refractivity contribution in [1.29, 1.82) is 0 Å². The summed E-state index contributed by atoms with van der Waals surface area (Å²) in [5.41, 5.74) is 3.11. The zero-order valence-corrected chi connectivity index (χ0v) is 25.2. The maximum atomic E-state index is 13.6. The van der Waals surface area contributed by atoms with Crippen molar-refractivity contribution in [2.75, 3.05) is 18.6 Å². The van der Waals surface area contributed by atoms with E-state index >= 15 is 0 Å². The third-order valence-corrected chi connectivity index (χ3v) is 8.96. The number of aromatic nitrogens is 2. The molecule has 0 radical (unpaired) electrons. The number of rotatable bonds is 11. The maximum Gasteiger partial charge on any atom is 0.301 e. The van der Waals surface area contributed by atoms with E-state index in [0.717, 1.165) is 24.0 Å². The second-order valence-electron chi connectivity index (χ2n) is 9.77. The number of carbonyl (C=O) groups is 2. The van der Waals surface area contributed by atoms with Crippen molar-refractivity contribution in [2.45, 2.75) is 42.8 Å². The number of Topliss-reactive ketones (excluding diaryl/α,β-unsaturated/α-hetero) is 1. The normalized spacial score (nSPS) is 16.2. The molecule has 8 nitrogen and oxygen atoms in total. The number of ether oxygens (including phenoxy) is 2. The van der Waals surface area contributed by atoms with Gasteiger partial charge in [0.25, 0.3) is 5.78 Å². The largest absolute Gasteiger partial charge is 0.507 e. The van der Waals surface area contributed by atoms with Gasteiger partial charge in [0, 0.05) is 11.3 Å². The molecule has 5 rings (SSSR count). The quantitative estimate of drug-likeness (QED) is 0.0492. The summed E-state index contributed by atoms with van der Waals surface area (Å²) in [5, 5.41) is 20.3. The molecule has 0 bridgehead atoms. The SMILES string of the molecule is CCCCOc1ccc(C2/C(=C(/O)c3ccc(C)cc3)C(=O)C(=O)N2c2nnc(SCc3ccccc3)s2)cc1OC. The standard InChI is InChI=1S/C32H31N3O5S2/c1-4-5-17-40-24-16-15-23(18-25(24)39-3)27-26(28(36)22-13-11-20(2)12-14-22)29(37)30(38)35(27)31-33-34-32(42-31)41-19-21-9-7-6-8-10-21/h6-16,18,27,36H,4-5,17,19H2,1-3H3/b28-26-. The summed E-state index contributed by atoms with van der Waals surface area (Å²) in [7, 11) is 1.54. The van der Waals surface area contributed by atoms with Crippen LogP contribution in [0, 0.1) is 6.92 Å². The number of aryl methyl sites for hydroxylation is 1. The third-order valence-electron chi connectivity index (χ3n) is 6.84. The van der Waals surface area contributed by atoms with Crippen molar-refractivity contribution in [3.63, 3.8) is 0 Å². The minimum atomic E-state index is -0.954. The number of aliphatic hydroxyl groups is 1. The monoisotopic (exact) mass is 601 g/mol. The molecule has 1 amide bonds. The number of thioether (sulfide) groups is 1. The molecule has 1 unspecified atom stereocenters. The van der Waals surface area contributed by atoms with Crippen molar-refractivity contribution >= 4 is 45.7 Å². The van der Waals surface area contributed by atoms with Gasteiger partial charge in [0.2, 0.25) is 5.13 Å². The van der Waals surface area contributed by atoms with Gasteiger partial charge < -0.3 is 14.6 Å². The van der Waals surface area contributed by atoms with E-state index in [0.29, 0.717) is 39.3 Å². The zero-order valence-electron chi connectivity index (χ0n) is 23.6. The number of amides is 1. The van der Waals surface area contributed by atoms with Crippen molar-refractivity contribution in [3.8, 4) is 11.5 Å². The minimum absolute atomic E-state index is 0.0285. The van der Waals surface area contributed by atoms with Gasteiger partial charge in [-0.1, -0.05) is 103 Å². The van der Waals surface area contributed by atoms with Gasteiger partial charge in [-0.15, -0.1) is 10.2 Å². The lowest BCUT2D eigenvalue weighted by Crippen LogP contribution is -2.29. The first kappa shape index (κ1) is 29.3. The summed E-state index contributed by atoms with van der Waals surface area (Å²) >= 11 is 2.72. The van der Waals surface area contributed by atoms with Gasteiger partial charge in [-0.3, -0.25) is 14.5 Å². The van der Waals surface area contributed by atoms with E-state index in [-0.39, 0.29) is 16.5 Å². The fraction of sp³-hybridized carbons (Fsp3) is 0.250. The molecule has 1 aliphatic heterocycles. The molecular formula is C32H31N3O5S2. The average molecular weight is 602 g/mol. The van der Waals surface area contributed by atoms with Crippen LogP contribution in [-0.2, 0) is 15.3 Å². The second-order valence-corrected chi connectivity index (χ2v) is 12.0. The molecule has 1 fully saturated rings. The van der Waals surface area contributed by atoms with Crippen LogP contribution in [0.3, 0.4) is 0 Å². The van der Waals surface area contributed by atoms with Crippen LogP contribution in [0.2, 0.25) is 0 Å². The number of hydrogen-bond acceptors (Lipinski definition) is 9. The van der Waals surface area contributed by atoms with Crippen LogP contribution < -0.4 is 14.4 Å². The summed E-state index contributed by atoms with van der Waals surface area (Å²) in [5.74, 6) is -0.143. The Kier molecular flexibility index (Phi) is 9.24. The number of unbranched alkanes of at least 4 members (excludes halogenated alkanes) is 1. The van der Waals surface area contributed by atoms with E-state index in [4.69, 9.17) is 9.47 Å². The fourth-order valence-electron chi connectivity index (χ4n) is 4.59. The van der Waals surface area contributed by atoms with Crippen molar-refractivity contribution in [1.82, 2.24) is 10.2 Å². The lowest BCUT2D eigenvalue weighted by atomic mass is 9.95. The summed E-state index contributed by atoms with van der Waals surface area (Å²) < 4.78 is 12.2. The van der Waals surface area contributed by atoms with Gasteiger partial charge in [0.1, 0.15) is 5.76 Å². The highest BCUT2D eigenvalue weighted by atomic mass is 32.2. The Morgan fingerprint density at radius 2 is 1.79 bits per heavy atom. The number of ketones is 1. The Morgan fingerprint density at radius 1 is 1.02 bits per heavy atom. The van der Waals surface area contributed by atoms with E-state index in [1.807, 2.05) is 49.4 Å². The molecule has 2 heterocycles. The molecule has 42 heavy (non-hydrogen) atoms. The van der Waals surface area contributed by atoms with E-state index < -0.39 is 17.7 Å². The molecule has 1 aromatic heterocycles. The van der Waals surface area contributed by atoms with E-state index in [9.17, 15) is 14.7 Å². The van der Waals surface area contributed by atoms with Gasteiger partial charge in [-0.25, -0.2) is 0 Å². The smallest absolute Gasteiger partial charge is 0.301 e. The molecule has 1 N–H and O–H groups in total. The maximum absolute atomic E-state index is 13.6. The van der Waals surface area contributed by atoms with E-state index in [1.165, 1.54) is 35.1 Å². The first-order chi connectivity index (χ1) is 20.4. The van der Waals surface area contributed by atoms with Crippen LogP contribution in [-0.4, -0.2) is 40.7 Å². The van der Waals surface area contributed by atoms with Crippen LogP contribution in [0.4, 0.5) is 5.13 Å². The number of aliphatic hydroxyl groups excluding tert-OH is 1. The lowest BCUT2D eigenvalue weighted by molar-refractivity contribution is -0.132. The highest BCUT2D eigenvalue weighted by molar-refractivity contribution is 8.00. The first-order valence-corrected chi connectivity index (χ1v) is 15.4. The Bertz CT molecular complexity index is 1600. The van der Waals surface area contributed by atoms with Gasteiger partial charge in [-0.2, -0.15) is 0 Å². The first-order valence-electron chi connectivity index (χ1n) is 13.6. The van der Waals surface area contributed by atoms with Gasteiger partial charge in [0.15, 0.2) is 15.8 Å². The fourth-order valence-corrected chi connectivity index (χ4v) is 6.41. The predicted octanol–water partition coefficient (Wildman–Crippen LogP) is 6.95. The van der Waals surface area contributed by atoms with Crippen molar-refractivity contribution in [3.05, 3.63) is 101 Å².